The summed E-state index contributed by atoms with van der Waals surface area (Å²) in [6.07, 6.45) is 1.22. The maximum Gasteiger partial charge on any atom is 0.124 e. The average molecular weight is 297 g/mol. The highest BCUT2D eigenvalue weighted by Gasteiger charge is 2.21. The number of nitrogens with zero attached hydrogens (tertiary/aromatic N) is 1. The van der Waals surface area contributed by atoms with Gasteiger partial charge < -0.3 is 10.1 Å². The van der Waals surface area contributed by atoms with Crippen LogP contribution in [-0.2, 0) is 6.54 Å². The fourth-order valence-electron chi connectivity index (χ4n) is 2.87. The van der Waals surface area contributed by atoms with E-state index in [0.717, 1.165) is 48.4 Å². The molecule has 0 radical (unpaired) electrons. The molecule has 2 rings (SSSR count). The minimum atomic E-state index is 0.581. The first-order valence-electron chi connectivity index (χ1n) is 7.37. The molecule has 1 fully saturated rings. The maximum atomic E-state index is 6.33. The Kier molecular flexibility index (Phi) is 5.70. The van der Waals surface area contributed by atoms with Crippen molar-refractivity contribution in [3.8, 4) is 5.75 Å². The van der Waals surface area contributed by atoms with E-state index in [0.29, 0.717) is 6.04 Å². The second kappa shape index (κ2) is 7.30. The topological polar surface area (TPSA) is 24.5 Å². The van der Waals surface area contributed by atoms with Gasteiger partial charge in [-0.1, -0.05) is 31.5 Å². The highest BCUT2D eigenvalue weighted by atomic mass is 35.5. The molecule has 0 aliphatic carbocycles. The molecule has 20 heavy (non-hydrogen) atoms. The van der Waals surface area contributed by atoms with Gasteiger partial charge in [-0.15, -0.1) is 0 Å². The van der Waals surface area contributed by atoms with Crippen molar-refractivity contribution in [1.29, 1.82) is 0 Å². The quantitative estimate of drug-likeness (QED) is 0.903. The van der Waals surface area contributed by atoms with Crippen LogP contribution in [0.5, 0.6) is 5.75 Å². The molecule has 0 saturated carbocycles. The Bertz CT molecular complexity index is 436. The van der Waals surface area contributed by atoms with E-state index in [1.54, 1.807) is 7.11 Å². The van der Waals surface area contributed by atoms with Crippen LogP contribution in [0.2, 0.25) is 5.02 Å². The number of halogens is 1. The highest BCUT2D eigenvalue weighted by Crippen LogP contribution is 2.28. The van der Waals surface area contributed by atoms with Crippen LogP contribution in [0.15, 0.2) is 18.2 Å². The number of piperazine rings is 1. The smallest absolute Gasteiger partial charge is 0.124 e. The van der Waals surface area contributed by atoms with E-state index >= 15 is 0 Å². The Morgan fingerprint density at radius 2 is 2.25 bits per heavy atom. The standard InChI is InChI=1S/C16H25ClN2O/c1-12(2)9-13-10-19(8-7-18-13)11-14-15(17)5-4-6-16(14)20-3/h4-6,12-13,18H,7-11H2,1-3H3. The molecule has 0 aromatic heterocycles. The highest BCUT2D eigenvalue weighted by molar-refractivity contribution is 6.31. The van der Waals surface area contributed by atoms with Gasteiger partial charge in [0.1, 0.15) is 5.75 Å². The van der Waals surface area contributed by atoms with Crippen LogP contribution >= 0.6 is 11.6 Å². The zero-order valence-corrected chi connectivity index (χ0v) is 13.4. The van der Waals surface area contributed by atoms with Gasteiger partial charge in [0.2, 0.25) is 0 Å². The van der Waals surface area contributed by atoms with Gasteiger partial charge in [-0.3, -0.25) is 4.90 Å². The van der Waals surface area contributed by atoms with Gasteiger partial charge in [0.05, 0.1) is 7.11 Å². The second-order valence-electron chi connectivity index (χ2n) is 5.94. The van der Waals surface area contributed by atoms with Crippen molar-refractivity contribution in [3.63, 3.8) is 0 Å². The van der Waals surface area contributed by atoms with E-state index < -0.39 is 0 Å². The van der Waals surface area contributed by atoms with Crippen LogP contribution in [0, 0.1) is 5.92 Å². The first kappa shape index (κ1) is 15.6. The van der Waals surface area contributed by atoms with E-state index in [9.17, 15) is 0 Å². The van der Waals surface area contributed by atoms with Crippen molar-refractivity contribution < 1.29 is 4.74 Å². The van der Waals surface area contributed by atoms with Gasteiger partial charge in [0.25, 0.3) is 0 Å². The molecule has 1 saturated heterocycles. The third-order valence-electron chi connectivity index (χ3n) is 3.77. The molecule has 1 aliphatic heterocycles. The van der Waals surface area contributed by atoms with Crippen molar-refractivity contribution >= 4 is 11.6 Å². The lowest BCUT2D eigenvalue weighted by molar-refractivity contribution is 0.178. The number of hydrogen-bond acceptors (Lipinski definition) is 3. The van der Waals surface area contributed by atoms with E-state index in [4.69, 9.17) is 16.3 Å². The molecule has 0 bridgehead atoms. The Morgan fingerprint density at radius 3 is 2.95 bits per heavy atom. The lowest BCUT2D eigenvalue weighted by atomic mass is 10.0. The summed E-state index contributed by atoms with van der Waals surface area (Å²) >= 11 is 6.33. The number of ether oxygens (including phenoxy) is 1. The van der Waals surface area contributed by atoms with Crippen LogP contribution in [0.25, 0.3) is 0 Å². The monoisotopic (exact) mass is 296 g/mol. The van der Waals surface area contributed by atoms with Crippen LogP contribution in [0.1, 0.15) is 25.8 Å². The van der Waals surface area contributed by atoms with Gasteiger partial charge >= 0.3 is 0 Å². The fourth-order valence-corrected chi connectivity index (χ4v) is 3.10. The molecule has 0 spiro atoms. The van der Waals surface area contributed by atoms with E-state index in [-0.39, 0.29) is 0 Å². The third kappa shape index (κ3) is 4.11. The number of methoxy groups -OCH3 is 1. The van der Waals surface area contributed by atoms with E-state index in [1.807, 2.05) is 18.2 Å². The van der Waals surface area contributed by atoms with Crippen LogP contribution in [0.3, 0.4) is 0 Å². The first-order chi connectivity index (χ1) is 9.60. The second-order valence-corrected chi connectivity index (χ2v) is 6.34. The molecule has 0 amide bonds. The minimum absolute atomic E-state index is 0.581. The third-order valence-corrected chi connectivity index (χ3v) is 4.13. The summed E-state index contributed by atoms with van der Waals surface area (Å²) in [5, 5.41) is 4.40. The minimum Gasteiger partial charge on any atom is -0.496 e. The summed E-state index contributed by atoms with van der Waals surface area (Å²) in [7, 11) is 1.70. The summed E-state index contributed by atoms with van der Waals surface area (Å²) < 4.78 is 5.43. The molecule has 1 unspecified atom stereocenters. The van der Waals surface area contributed by atoms with Gasteiger partial charge in [-0.05, 0) is 24.5 Å². The molecule has 4 heteroatoms. The van der Waals surface area contributed by atoms with Crippen molar-refractivity contribution in [1.82, 2.24) is 10.2 Å². The predicted molar refractivity (Wildman–Crippen MR) is 84.5 cm³/mol. The first-order valence-corrected chi connectivity index (χ1v) is 7.75. The fraction of sp³-hybridized carbons (Fsp3) is 0.625. The van der Waals surface area contributed by atoms with Crippen molar-refractivity contribution in [2.45, 2.75) is 32.9 Å². The molecule has 1 aromatic rings. The molecular weight excluding hydrogens is 272 g/mol. The number of hydrogen-bond donors (Lipinski definition) is 1. The Morgan fingerprint density at radius 1 is 1.45 bits per heavy atom. The van der Waals surface area contributed by atoms with Gasteiger partial charge in [-0.2, -0.15) is 0 Å². The molecule has 1 N–H and O–H groups in total. The number of nitrogens with one attached hydrogen (secondary N) is 1. The predicted octanol–water partition coefficient (Wildman–Crippen LogP) is 3.17. The molecule has 1 atom stereocenters. The summed E-state index contributed by atoms with van der Waals surface area (Å²) in [5.41, 5.74) is 1.10. The summed E-state index contributed by atoms with van der Waals surface area (Å²) in [6.45, 7) is 8.59. The molecule has 3 nitrogen and oxygen atoms in total. The zero-order chi connectivity index (χ0) is 14.5. The lowest BCUT2D eigenvalue weighted by Crippen LogP contribution is -2.50. The van der Waals surface area contributed by atoms with Gasteiger partial charge in [-0.25, -0.2) is 0 Å². The molecule has 1 aromatic carbocycles. The number of benzene rings is 1. The normalized spacial score (nSPS) is 20.4. The zero-order valence-electron chi connectivity index (χ0n) is 12.7. The van der Waals surface area contributed by atoms with Crippen molar-refractivity contribution in [2.24, 2.45) is 5.92 Å². The van der Waals surface area contributed by atoms with E-state index in [2.05, 4.69) is 24.1 Å². The van der Waals surface area contributed by atoms with Crippen LogP contribution in [-0.4, -0.2) is 37.7 Å². The molecule has 1 aliphatic rings. The molecule has 112 valence electrons. The van der Waals surface area contributed by atoms with Gasteiger partial charge in [0.15, 0.2) is 0 Å². The lowest BCUT2D eigenvalue weighted by Gasteiger charge is -2.35. The Hall–Kier alpha value is -0.770. The summed E-state index contributed by atoms with van der Waals surface area (Å²) in [5.74, 6) is 1.61. The van der Waals surface area contributed by atoms with Gasteiger partial charge in [0, 0.05) is 42.8 Å². The number of rotatable bonds is 5. The molecule has 1 heterocycles. The average Bonchev–Trinajstić information content (AvgIpc) is 2.41. The van der Waals surface area contributed by atoms with Crippen LogP contribution in [0.4, 0.5) is 0 Å². The maximum absolute atomic E-state index is 6.33. The molecular formula is C16H25ClN2O. The Balaban J connectivity index is 2.02. The summed E-state index contributed by atoms with van der Waals surface area (Å²) in [6, 6.07) is 6.43. The van der Waals surface area contributed by atoms with Crippen molar-refractivity contribution in [2.75, 3.05) is 26.7 Å². The SMILES string of the molecule is COc1cccc(Cl)c1CN1CCNC(CC(C)C)C1. The van der Waals surface area contributed by atoms with Crippen molar-refractivity contribution in [3.05, 3.63) is 28.8 Å². The largest absolute Gasteiger partial charge is 0.496 e. The van der Waals surface area contributed by atoms with Crippen LogP contribution < -0.4 is 10.1 Å². The summed E-state index contributed by atoms with van der Waals surface area (Å²) in [4.78, 5) is 2.47. The Labute approximate surface area is 127 Å². The van der Waals surface area contributed by atoms with E-state index in [1.165, 1.54) is 6.42 Å².